The van der Waals surface area contributed by atoms with Crippen molar-refractivity contribution in [3.8, 4) is 0 Å². The van der Waals surface area contributed by atoms with E-state index in [1.54, 1.807) is 18.8 Å². The third-order valence-corrected chi connectivity index (χ3v) is 5.02. The Labute approximate surface area is 155 Å². The summed E-state index contributed by atoms with van der Waals surface area (Å²) in [5.74, 6) is 1.53. The minimum absolute atomic E-state index is 0.0424. The average molecular weight is 371 g/mol. The molecule has 1 aromatic carbocycles. The molecular formula is C18H21N5O2S. The van der Waals surface area contributed by atoms with E-state index < -0.39 is 0 Å². The van der Waals surface area contributed by atoms with E-state index in [1.165, 1.54) is 32.9 Å². The first-order valence-electron chi connectivity index (χ1n) is 8.32. The maximum atomic E-state index is 12.3. The van der Waals surface area contributed by atoms with Crippen LogP contribution >= 0.6 is 11.8 Å². The number of fused-ring (bicyclic) bond motifs is 1. The maximum Gasteiger partial charge on any atom is 0.264 e. The topological polar surface area (TPSA) is 81.8 Å². The first kappa shape index (κ1) is 18.2. The van der Waals surface area contributed by atoms with Crippen LogP contribution < -0.4 is 10.9 Å². The number of benzene rings is 1. The lowest BCUT2D eigenvalue weighted by atomic mass is 10.2. The molecule has 1 amide bonds. The summed E-state index contributed by atoms with van der Waals surface area (Å²) in [7, 11) is 1.72. The zero-order chi connectivity index (χ0) is 18.5. The summed E-state index contributed by atoms with van der Waals surface area (Å²) >= 11 is 1.76. The molecule has 26 heavy (non-hydrogen) atoms. The van der Waals surface area contributed by atoms with Crippen LogP contribution in [0.2, 0.25) is 0 Å². The first-order valence-corrected chi connectivity index (χ1v) is 9.47. The van der Waals surface area contributed by atoms with Gasteiger partial charge in [0.25, 0.3) is 5.56 Å². The van der Waals surface area contributed by atoms with Crippen LogP contribution in [-0.4, -0.2) is 37.5 Å². The molecule has 2 aromatic heterocycles. The van der Waals surface area contributed by atoms with Crippen LogP contribution in [0.25, 0.3) is 11.0 Å². The van der Waals surface area contributed by atoms with Crippen molar-refractivity contribution in [2.24, 2.45) is 7.05 Å². The molecule has 0 unspecified atom stereocenters. The number of amides is 1. The van der Waals surface area contributed by atoms with Gasteiger partial charge in [-0.05, 0) is 12.5 Å². The van der Waals surface area contributed by atoms with Gasteiger partial charge in [0.05, 0.1) is 6.20 Å². The molecule has 3 rings (SSSR count). The summed E-state index contributed by atoms with van der Waals surface area (Å²) in [4.78, 5) is 28.6. The number of nitrogens with zero attached hydrogens (tertiary/aromatic N) is 4. The van der Waals surface area contributed by atoms with Crippen molar-refractivity contribution in [3.63, 3.8) is 0 Å². The standard InChI is InChI=1S/C18H21N5O2S/c1-13-3-5-14(6-4-13)11-26-8-7-19-16(24)10-23-12-20-17-15(18(23)25)9-21-22(17)2/h3-6,9,12H,7-8,10-11H2,1-2H3,(H,19,24). The summed E-state index contributed by atoms with van der Waals surface area (Å²) in [6.45, 7) is 2.59. The van der Waals surface area contributed by atoms with Gasteiger partial charge < -0.3 is 5.32 Å². The van der Waals surface area contributed by atoms with Gasteiger partial charge in [0.1, 0.15) is 18.3 Å². The summed E-state index contributed by atoms with van der Waals surface area (Å²) in [5.41, 5.74) is 2.78. The van der Waals surface area contributed by atoms with Crippen molar-refractivity contribution >= 4 is 28.7 Å². The van der Waals surface area contributed by atoms with Gasteiger partial charge in [-0.25, -0.2) is 4.98 Å². The second-order valence-electron chi connectivity index (χ2n) is 6.07. The van der Waals surface area contributed by atoms with Gasteiger partial charge in [0, 0.05) is 25.1 Å². The van der Waals surface area contributed by atoms with E-state index in [9.17, 15) is 9.59 Å². The van der Waals surface area contributed by atoms with E-state index >= 15 is 0 Å². The lowest BCUT2D eigenvalue weighted by Gasteiger charge is -2.07. The summed E-state index contributed by atoms with van der Waals surface area (Å²) in [6, 6.07) is 8.44. The summed E-state index contributed by atoms with van der Waals surface area (Å²) in [6.07, 6.45) is 2.86. The second-order valence-corrected chi connectivity index (χ2v) is 7.18. The third kappa shape index (κ3) is 4.32. The molecule has 0 atom stereocenters. The molecule has 136 valence electrons. The Morgan fingerprint density at radius 3 is 2.81 bits per heavy atom. The van der Waals surface area contributed by atoms with Crippen LogP contribution in [0.1, 0.15) is 11.1 Å². The van der Waals surface area contributed by atoms with Gasteiger partial charge in [-0.3, -0.25) is 18.8 Å². The molecule has 8 heteroatoms. The molecule has 0 radical (unpaired) electrons. The number of hydrogen-bond acceptors (Lipinski definition) is 5. The first-order chi connectivity index (χ1) is 12.5. The van der Waals surface area contributed by atoms with Crippen LogP contribution in [0.4, 0.5) is 0 Å². The van der Waals surface area contributed by atoms with E-state index in [0.29, 0.717) is 17.6 Å². The van der Waals surface area contributed by atoms with Crippen molar-refractivity contribution in [1.82, 2.24) is 24.6 Å². The Kier molecular flexibility index (Phi) is 5.72. The van der Waals surface area contributed by atoms with Crippen LogP contribution in [0.15, 0.2) is 41.6 Å². The fourth-order valence-corrected chi connectivity index (χ4v) is 3.35. The molecule has 2 heterocycles. The van der Waals surface area contributed by atoms with Gasteiger partial charge in [-0.2, -0.15) is 16.9 Å². The molecule has 1 N–H and O–H groups in total. The zero-order valence-electron chi connectivity index (χ0n) is 14.8. The van der Waals surface area contributed by atoms with Crippen LogP contribution in [0.5, 0.6) is 0 Å². The Morgan fingerprint density at radius 2 is 2.04 bits per heavy atom. The van der Waals surface area contributed by atoms with E-state index in [0.717, 1.165) is 11.5 Å². The van der Waals surface area contributed by atoms with Gasteiger partial charge in [0.15, 0.2) is 5.65 Å². The van der Waals surface area contributed by atoms with Gasteiger partial charge in [-0.1, -0.05) is 29.8 Å². The van der Waals surface area contributed by atoms with Crippen LogP contribution in [0.3, 0.4) is 0 Å². The van der Waals surface area contributed by atoms with E-state index in [1.807, 2.05) is 0 Å². The Balaban J connectivity index is 1.45. The fraction of sp³-hybridized carbons (Fsp3) is 0.333. The number of carbonyl (C=O) groups excluding carboxylic acids is 1. The number of aromatic nitrogens is 4. The minimum Gasteiger partial charge on any atom is -0.354 e. The normalized spacial score (nSPS) is 11.0. The van der Waals surface area contributed by atoms with Crippen molar-refractivity contribution in [3.05, 3.63) is 58.3 Å². The highest BCUT2D eigenvalue weighted by atomic mass is 32.2. The van der Waals surface area contributed by atoms with Gasteiger partial charge >= 0.3 is 0 Å². The molecule has 0 aliphatic heterocycles. The molecule has 7 nitrogen and oxygen atoms in total. The summed E-state index contributed by atoms with van der Waals surface area (Å²) in [5, 5.41) is 7.27. The van der Waals surface area contributed by atoms with Crippen molar-refractivity contribution < 1.29 is 4.79 Å². The molecule has 0 saturated carbocycles. The van der Waals surface area contributed by atoms with E-state index in [2.05, 4.69) is 46.6 Å². The lowest BCUT2D eigenvalue weighted by molar-refractivity contribution is -0.121. The SMILES string of the molecule is Cc1ccc(CSCCNC(=O)Cn2cnc3c(cnn3C)c2=O)cc1. The number of rotatable bonds is 7. The minimum atomic E-state index is -0.257. The molecule has 0 spiro atoms. The van der Waals surface area contributed by atoms with Crippen molar-refractivity contribution in [1.29, 1.82) is 0 Å². The summed E-state index contributed by atoms with van der Waals surface area (Å²) < 4.78 is 2.84. The van der Waals surface area contributed by atoms with Crippen molar-refractivity contribution in [2.75, 3.05) is 12.3 Å². The quantitative estimate of drug-likeness (QED) is 0.637. The van der Waals surface area contributed by atoms with Gasteiger partial charge in [-0.15, -0.1) is 0 Å². The molecule has 3 aromatic rings. The van der Waals surface area contributed by atoms with Gasteiger partial charge in [0.2, 0.25) is 5.91 Å². The largest absolute Gasteiger partial charge is 0.354 e. The van der Waals surface area contributed by atoms with E-state index in [-0.39, 0.29) is 18.0 Å². The predicted molar refractivity (Wildman–Crippen MR) is 103 cm³/mol. The second kappa shape index (κ2) is 8.18. The molecule has 0 fully saturated rings. The number of thioether (sulfide) groups is 1. The predicted octanol–water partition coefficient (Wildman–Crippen LogP) is 1.49. The number of carbonyl (C=O) groups is 1. The highest BCUT2D eigenvalue weighted by Gasteiger charge is 2.10. The third-order valence-electron chi connectivity index (χ3n) is 3.99. The Morgan fingerprint density at radius 1 is 1.27 bits per heavy atom. The number of nitrogens with one attached hydrogen (secondary N) is 1. The van der Waals surface area contributed by atoms with Crippen molar-refractivity contribution in [2.45, 2.75) is 19.2 Å². The highest BCUT2D eigenvalue weighted by molar-refractivity contribution is 7.98. The number of hydrogen-bond donors (Lipinski definition) is 1. The highest BCUT2D eigenvalue weighted by Crippen LogP contribution is 2.12. The molecule has 0 aliphatic carbocycles. The molecular weight excluding hydrogens is 350 g/mol. The monoisotopic (exact) mass is 371 g/mol. The molecule has 0 aliphatic rings. The van der Waals surface area contributed by atoms with Crippen LogP contribution in [0, 0.1) is 6.92 Å². The Bertz CT molecular complexity index is 962. The zero-order valence-corrected chi connectivity index (χ0v) is 15.6. The fourth-order valence-electron chi connectivity index (χ4n) is 2.53. The Hall–Kier alpha value is -2.61. The number of aryl methyl sites for hydroxylation is 2. The molecule has 0 bridgehead atoms. The lowest BCUT2D eigenvalue weighted by Crippen LogP contribution is -2.33. The van der Waals surface area contributed by atoms with E-state index in [4.69, 9.17) is 0 Å². The van der Waals surface area contributed by atoms with Crippen LogP contribution in [-0.2, 0) is 24.1 Å². The smallest absolute Gasteiger partial charge is 0.264 e. The maximum absolute atomic E-state index is 12.3. The average Bonchev–Trinajstić information content (AvgIpc) is 3.00. The molecule has 0 saturated heterocycles.